The summed E-state index contributed by atoms with van der Waals surface area (Å²) in [6, 6.07) is 12.6. The van der Waals surface area contributed by atoms with Crippen LogP contribution in [0.2, 0.25) is 5.02 Å². The van der Waals surface area contributed by atoms with Gasteiger partial charge in [0.2, 0.25) is 0 Å². The van der Waals surface area contributed by atoms with Gasteiger partial charge >= 0.3 is 0 Å². The number of para-hydroxylation sites is 1. The number of nitrogens with zero attached hydrogens (tertiary/aromatic N) is 1. The first kappa shape index (κ1) is 13.4. The summed E-state index contributed by atoms with van der Waals surface area (Å²) in [7, 11) is 1.74. The molecule has 0 fully saturated rings. The Kier molecular flexibility index (Phi) is 3.76. The third kappa shape index (κ3) is 2.88. The summed E-state index contributed by atoms with van der Waals surface area (Å²) in [6.45, 7) is 1.96. The molecule has 2 aromatic rings. The molecule has 1 amide bonds. The van der Waals surface area contributed by atoms with Crippen LogP contribution in [0.25, 0.3) is 0 Å². The molecule has 19 heavy (non-hydrogen) atoms. The molecule has 0 aliphatic carbocycles. The van der Waals surface area contributed by atoms with E-state index < -0.39 is 0 Å². The fraction of sp³-hybridized carbons (Fsp3) is 0.133. The highest BCUT2D eigenvalue weighted by atomic mass is 35.5. The highest BCUT2D eigenvalue weighted by molar-refractivity contribution is 6.31. The molecule has 0 bridgehead atoms. The second kappa shape index (κ2) is 5.33. The normalized spacial score (nSPS) is 10.3. The number of nitrogens with two attached hydrogens (primary N) is 1. The largest absolute Gasteiger partial charge is 0.399 e. The molecule has 0 heterocycles. The van der Waals surface area contributed by atoms with Gasteiger partial charge in [-0.05, 0) is 36.8 Å². The molecule has 0 spiro atoms. The molecule has 2 aromatic carbocycles. The Morgan fingerprint density at radius 2 is 1.89 bits per heavy atom. The smallest absolute Gasteiger partial charge is 0.258 e. The van der Waals surface area contributed by atoms with E-state index in [0.717, 1.165) is 11.3 Å². The van der Waals surface area contributed by atoms with E-state index in [0.29, 0.717) is 16.3 Å². The zero-order valence-corrected chi connectivity index (χ0v) is 11.6. The van der Waals surface area contributed by atoms with Crippen molar-refractivity contribution in [1.82, 2.24) is 0 Å². The van der Waals surface area contributed by atoms with Crippen LogP contribution in [0, 0.1) is 6.92 Å². The van der Waals surface area contributed by atoms with E-state index >= 15 is 0 Å². The van der Waals surface area contributed by atoms with Crippen LogP contribution in [-0.2, 0) is 0 Å². The fourth-order valence-electron chi connectivity index (χ4n) is 1.98. The number of aryl methyl sites for hydroxylation is 1. The van der Waals surface area contributed by atoms with Crippen molar-refractivity contribution in [3.8, 4) is 0 Å². The van der Waals surface area contributed by atoms with Crippen molar-refractivity contribution in [2.75, 3.05) is 17.7 Å². The maximum atomic E-state index is 12.4. The average Bonchev–Trinajstić information content (AvgIpc) is 2.36. The van der Waals surface area contributed by atoms with Crippen LogP contribution in [0.5, 0.6) is 0 Å². The Hall–Kier alpha value is -2.00. The summed E-state index contributed by atoms with van der Waals surface area (Å²) in [5.74, 6) is -0.136. The molecule has 4 heteroatoms. The van der Waals surface area contributed by atoms with Crippen molar-refractivity contribution in [2.24, 2.45) is 0 Å². The van der Waals surface area contributed by atoms with Gasteiger partial charge in [0.1, 0.15) is 0 Å². The molecule has 0 aliphatic heterocycles. The summed E-state index contributed by atoms with van der Waals surface area (Å²) in [6.07, 6.45) is 0. The molecule has 0 saturated heterocycles. The number of amides is 1. The van der Waals surface area contributed by atoms with E-state index in [-0.39, 0.29) is 5.91 Å². The van der Waals surface area contributed by atoms with Crippen LogP contribution in [0.4, 0.5) is 11.4 Å². The topological polar surface area (TPSA) is 46.3 Å². The molecule has 2 N–H and O–H groups in total. The maximum Gasteiger partial charge on any atom is 0.258 e. The van der Waals surface area contributed by atoms with Crippen molar-refractivity contribution in [3.63, 3.8) is 0 Å². The number of carbonyl (C=O) groups excluding carboxylic acids is 1. The first-order valence-corrected chi connectivity index (χ1v) is 6.26. The lowest BCUT2D eigenvalue weighted by Gasteiger charge is -2.19. The predicted molar refractivity (Wildman–Crippen MR) is 79.8 cm³/mol. The predicted octanol–water partition coefficient (Wildman–Crippen LogP) is 3.51. The number of benzene rings is 2. The van der Waals surface area contributed by atoms with Crippen molar-refractivity contribution in [3.05, 3.63) is 58.6 Å². The van der Waals surface area contributed by atoms with Gasteiger partial charge in [-0.1, -0.05) is 29.8 Å². The molecule has 3 nitrogen and oxygen atoms in total. The average molecular weight is 275 g/mol. The monoisotopic (exact) mass is 274 g/mol. The van der Waals surface area contributed by atoms with Crippen molar-refractivity contribution < 1.29 is 4.79 Å². The second-order valence-electron chi connectivity index (χ2n) is 4.42. The fourth-order valence-corrected chi connectivity index (χ4v) is 2.22. The van der Waals surface area contributed by atoms with Crippen LogP contribution >= 0.6 is 11.6 Å². The minimum absolute atomic E-state index is 0.136. The van der Waals surface area contributed by atoms with Gasteiger partial charge in [-0.15, -0.1) is 0 Å². The van der Waals surface area contributed by atoms with E-state index in [2.05, 4.69) is 0 Å². The van der Waals surface area contributed by atoms with Crippen LogP contribution in [0.3, 0.4) is 0 Å². The number of halogens is 1. The zero-order valence-electron chi connectivity index (χ0n) is 10.9. The quantitative estimate of drug-likeness (QED) is 0.852. The lowest BCUT2D eigenvalue weighted by molar-refractivity contribution is 0.0993. The first-order chi connectivity index (χ1) is 8.99. The molecule has 98 valence electrons. The highest BCUT2D eigenvalue weighted by Gasteiger charge is 2.15. The number of nitrogen functional groups attached to an aromatic ring is 1. The number of hydrogen-bond donors (Lipinski definition) is 1. The van der Waals surface area contributed by atoms with Crippen LogP contribution < -0.4 is 10.6 Å². The summed E-state index contributed by atoms with van der Waals surface area (Å²) < 4.78 is 0. The lowest BCUT2D eigenvalue weighted by Crippen LogP contribution is -2.26. The molecule has 0 saturated carbocycles. The van der Waals surface area contributed by atoms with Crippen molar-refractivity contribution >= 4 is 28.9 Å². The molecule has 0 unspecified atom stereocenters. The Morgan fingerprint density at radius 3 is 2.53 bits per heavy atom. The standard InChI is InChI=1S/C15H15ClN2O/c1-10-5-3-4-6-14(10)18(2)15(19)11-7-12(16)9-13(17)8-11/h3-9H,17H2,1-2H3. The molecular weight excluding hydrogens is 260 g/mol. The molecule has 0 aromatic heterocycles. The van der Waals surface area contributed by atoms with E-state index in [1.54, 1.807) is 30.1 Å². The Labute approximate surface area is 117 Å². The van der Waals surface area contributed by atoms with Crippen LogP contribution in [-0.4, -0.2) is 13.0 Å². The van der Waals surface area contributed by atoms with Gasteiger partial charge < -0.3 is 10.6 Å². The Morgan fingerprint density at radius 1 is 1.21 bits per heavy atom. The van der Waals surface area contributed by atoms with Gasteiger partial charge in [0.25, 0.3) is 5.91 Å². The van der Waals surface area contributed by atoms with Gasteiger partial charge in [-0.25, -0.2) is 0 Å². The lowest BCUT2D eigenvalue weighted by atomic mass is 10.1. The highest BCUT2D eigenvalue weighted by Crippen LogP contribution is 2.22. The number of anilines is 2. The summed E-state index contributed by atoms with van der Waals surface area (Å²) in [4.78, 5) is 14.0. The second-order valence-corrected chi connectivity index (χ2v) is 4.86. The minimum Gasteiger partial charge on any atom is -0.399 e. The molecule has 0 radical (unpaired) electrons. The van der Waals surface area contributed by atoms with Gasteiger partial charge in [-0.3, -0.25) is 4.79 Å². The van der Waals surface area contributed by atoms with E-state index in [1.165, 1.54) is 0 Å². The summed E-state index contributed by atoms with van der Waals surface area (Å²) in [5, 5.41) is 0.460. The Bertz CT molecular complexity index is 605. The van der Waals surface area contributed by atoms with E-state index in [1.807, 2.05) is 31.2 Å². The third-order valence-electron chi connectivity index (χ3n) is 2.95. The summed E-state index contributed by atoms with van der Waals surface area (Å²) in [5.41, 5.74) is 8.58. The van der Waals surface area contributed by atoms with Gasteiger partial charge in [0.05, 0.1) is 0 Å². The first-order valence-electron chi connectivity index (χ1n) is 5.89. The molecule has 0 atom stereocenters. The number of hydrogen-bond acceptors (Lipinski definition) is 2. The zero-order chi connectivity index (χ0) is 14.0. The van der Waals surface area contributed by atoms with Crippen LogP contribution in [0.1, 0.15) is 15.9 Å². The minimum atomic E-state index is -0.136. The Balaban J connectivity index is 2.36. The third-order valence-corrected chi connectivity index (χ3v) is 3.17. The van der Waals surface area contributed by atoms with Crippen molar-refractivity contribution in [2.45, 2.75) is 6.92 Å². The van der Waals surface area contributed by atoms with Gasteiger partial charge in [0.15, 0.2) is 0 Å². The van der Waals surface area contributed by atoms with E-state index in [4.69, 9.17) is 17.3 Å². The van der Waals surface area contributed by atoms with Crippen molar-refractivity contribution in [1.29, 1.82) is 0 Å². The SMILES string of the molecule is Cc1ccccc1N(C)C(=O)c1cc(N)cc(Cl)c1. The molecule has 0 aliphatic rings. The molecule has 2 rings (SSSR count). The van der Waals surface area contributed by atoms with Gasteiger partial charge in [-0.2, -0.15) is 0 Å². The number of rotatable bonds is 2. The van der Waals surface area contributed by atoms with Gasteiger partial charge in [0, 0.05) is 29.0 Å². The van der Waals surface area contributed by atoms with E-state index in [9.17, 15) is 4.79 Å². The maximum absolute atomic E-state index is 12.4. The van der Waals surface area contributed by atoms with Crippen LogP contribution in [0.15, 0.2) is 42.5 Å². The number of carbonyl (C=O) groups is 1. The summed E-state index contributed by atoms with van der Waals surface area (Å²) >= 11 is 5.93. The molecular formula is C15H15ClN2O.